The molecule has 2 N–H and O–H groups in total. The highest BCUT2D eigenvalue weighted by molar-refractivity contribution is 7.89. The van der Waals surface area contributed by atoms with Gasteiger partial charge in [-0.3, -0.25) is 0 Å². The number of nitrogens with two attached hydrogens (primary N) is 1. The Hall–Kier alpha value is -1.57. The number of hydrogen-bond donors (Lipinski definition) is 1. The van der Waals surface area contributed by atoms with E-state index in [1.165, 1.54) is 22.2 Å². The number of imidazole rings is 1. The molecule has 1 aromatic heterocycles. The van der Waals surface area contributed by atoms with E-state index < -0.39 is 10.0 Å². The van der Waals surface area contributed by atoms with E-state index in [1.807, 2.05) is 6.07 Å². The van der Waals surface area contributed by atoms with Crippen LogP contribution in [0.2, 0.25) is 5.02 Å². The fourth-order valence-electron chi connectivity index (χ4n) is 2.07. The molecule has 1 atom stereocenters. The lowest BCUT2D eigenvalue weighted by molar-refractivity contribution is 0.395. The summed E-state index contributed by atoms with van der Waals surface area (Å²) in [5.74, 6) is -0.0114. The molecule has 0 fully saturated rings. The smallest absolute Gasteiger partial charge is 0.262 e. The highest BCUT2D eigenvalue weighted by Gasteiger charge is 2.31. The number of aryl methyl sites for hydroxylation is 1. The van der Waals surface area contributed by atoms with E-state index in [-0.39, 0.29) is 16.9 Å². The van der Waals surface area contributed by atoms with Crippen LogP contribution in [0.4, 0.5) is 5.82 Å². The molecule has 114 valence electrons. The van der Waals surface area contributed by atoms with Gasteiger partial charge in [0, 0.05) is 25.2 Å². The lowest BCUT2D eigenvalue weighted by atomic mass is 10.1. The normalized spacial score (nSPS) is 13.6. The molecular weight excluding hydrogens is 312 g/mol. The molecule has 0 radical (unpaired) electrons. The van der Waals surface area contributed by atoms with Crippen molar-refractivity contribution < 1.29 is 8.42 Å². The summed E-state index contributed by atoms with van der Waals surface area (Å²) in [7, 11) is -0.653. The van der Waals surface area contributed by atoms with Crippen LogP contribution in [0.1, 0.15) is 18.5 Å². The van der Waals surface area contributed by atoms with Gasteiger partial charge in [0.25, 0.3) is 10.0 Å². The maximum atomic E-state index is 12.7. The predicted octanol–water partition coefficient (Wildman–Crippen LogP) is 2.04. The summed E-state index contributed by atoms with van der Waals surface area (Å²) in [6.07, 6.45) is 1.38. The zero-order valence-corrected chi connectivity index (χ0v) is 13.6. The summed E-state index contributed by atoms with van der Waals surface area (Å²) in [6.45, 7) is 1.79. The monoisotopic (exact) mass is 328 g/mol. The molecule has 0 saturated carbocycles. The van der Waals surface area contributed by atoms with Crippen LogP contribution in [0.15, 0.2) is 35.6 Å². The second kappa shape index (κ2) is 5.67. The van der Waals surface area contributed by atoms with Gasteiger partial charge in [0.2, 0.25) is 0 Å². The van der Waals surface area contributed by atoms with Crippen molar-refractivity contribution in [3.63, 3.8) is 0 Å². The summed E-state index contributed by atoms with van der Waals surface area (Å²) in [4.78, 5) is 3.82. The van der Waals surface area contributed by atoms with Crippen molar-refractivity contribution in [2.75, 3.05) is 12.8 Å². The van der Waals surface area contributed by atoms with Gasteiger partial charge >= 0.3 is 0 Å². The summed E-state index contributed by atoms with van der Waals surface area (Å²) < 4.78 is 28.0. The molecule has 21 heavy (non-hydrogen) atoms. The minimum absolute atomic E-state index is 0.0114. The first-order valence-electron chi connectivity index (χ1n) is 6.25. The number of benzene rings is 1. The molecule has 0 amide bonds. The zero-order valence-electron chi connectivity index (χ0n) is 12.0. The lowest BCUT2D eigenvalue weighted by Crippen LogP contribution is -2.31. The van der Waals surface area contributed by atoms with Crippen molar-refractivity contribution in [2.45, 2.75) is 18.0 Å². The fourth-order valence-corrected chi connectivity index (χ4v) is 3.81. The summed E-state index contributed by atoms with van der Waals surface area (Å²) >= 11 is 5.96. The molecule has 2 aromatic rings. The van der Waals surface area contributed by atoms with Crippen LogP contribution in [0.25, 0.3) is 0 Å². The Morgan fingerprint density at radius 1 is 1.43 bits per heavy atom. The van der Waals surface area contributed by atoms with Gasteiger partial charge in [-0.05, 0) is 24.6 Å². The van der Waals surface area contributed by atoms with E-state index in [0.717, 1.165) is 5.56 Å². The summed E-state index contributed by atoms with van der Waals surface area (Å²) in [5, 5.41) is 0.545. The molecule has 1 unspecified atom stereocenters. The number of nitrogen functional groups attached to an aromatic ring is 1. The van der Waals surface area contributed by atoms with Crippen LogP contribution < -0.4 is 5.73 Å². The maximum absolute atomic E-state index is 12.7. The molecule has 1 aromatic carbocycles. The van der Waals surface area contributed by atoms with Crippen LogP contribution >= 0.6 is 11.6 Å². The fraction of sp³-hybridized carbons (Fsp3) is 0.308. The molecular formula is C13H17ClN4O2S. The highest BCUT2D eigenvalue weighted by Crippen LogP contribution is 2.28. The molecule has 0 aliphatic heterocycles. The third kappa shape index (κ3) is 2.90. The number of hydrogen-bond acceptors (Lipinski definition) is 4. The van der Waals surface area contributed by atoms with Crippen molar-refractivity contribution in [1.29, 1.82) is 0 Å². The minimum Gasteiger partial charge on any atom is -0.381 e. The molecule has 8 heteroatoms. The van der Waals surface area contributed by atoms with E-state index in [2.05, 4.69) is 4.98 Å². The Morgan fingerprint density at radius 3 is 2.62 bits per heavy atom. The molecule has 0 saturated heterocycles. The van der Waals surface area contributed by atoms with Gasteiger partial charge in [0.15, 0.2) is 10.8 Å². The first-order chi connectivity index (χ1) is 9.75. The Morgan fingerprint density at radius 2 is 2.10 bits per heavy atom. The third-order valence-electron chi connectivity index (χ3n) is 3.41. The predicted molar refractivity (Wildman–Crippen MR) is 82.4 cm³/mol. The second-order valence-electron chi connectivity index (χ2n) is 4.80. The Labute approximate surface area is 129 Å². The molecule has 1 heterocycles. The number of halogens is 1. The molecule has 0 bridgehead atoms. The van der Waals surface area contributed by atoms with Crippen molar-refractivity contribution in [2.24, 2.45) is 7.05 Å². The van der Waals surface area contributed by atoms with Gasteiger partial charge in [-0.25, -0.2) is 13.4 Å². The number of sulfonamides is 1. The number of aromatic nitrogens is 2. The molecule has 6 nitrogen and oxygen atoms in total. The average Bonchev–Trinajstić information content (AvgIpc) is 2.77. The number of rotatable bonds is 4. The van der Waals surface area contributed by atoms with Crippen LogP contribution in [-0.2, 0) is 17.1 Å². The van der Waals surface area contributed by atoms with Crippen molar-refractivity contribution in [3.8, 4) is 0 Å². The molecule has 2 rings (SSSR count). The number of anilines is 1. The van der Waals surface area contributed by atoms with Gasteiger partial charge in [0.05, 0.1) is 6.33 Å². The van der Waals surface area contributed by atoms with Crippen molar-refractivity contribution in [3.05, 3.63) is 41.2 Å². The second-order valence-corrected chi connectivity index (χ2v) is 7.15. The van der Waals surface area contributed by atoms with Gasteiger partial charge in [-0.1, -0.05) is 23.7 Å². The van der Waals surface area contributed by atoms with E-state index in [1.54, 1.807) is 32.2 Å². The summed E-state index contributed by atoms with van der Waals surface area (Å²) in [5.41, 5.74) is 6.47. The SMILES string of the molecule is CC(c1cccc(Cl)c1)N(C)S(=O)(=O)c1c(N)ncn1C. The molecule has 0 aliphatic carbocycles. The summed E-state index contributed by atoms with van der Waals surface area (Å²) in [6, 6.07) is 6.71. The molecule has 0 spiro atoms. The standard InChI is InChI=1S/C13H17ClN4O2S/c1-9(10-5-4-6-11(14)7-10)18(3)21(19,20)13-12(15)16-8-17(13)2/h4-9H,15H2,1-3H3. The van der Waals surface area contributed by atoms with Crippen molar-refractivity contribution >= 4 is 27.4 Å². The van der Waals surface area contributed by atoms with Crippen LogP contribution in [0, 0.1) is 0 Å². The highest BCUT2D eigenvalue weighted by atomic mass is 35.5. The van der Waals surface area contributed by atoms with Gasteiger partial charge < -0.3 is 10.3 Å². The van der Waals surface area contributed by atoms with Crippen LogP contribution in [0.3, 0.4) is 0 Å². The number of nitrogens with zero attached hydrogens (tertiary/aromatic N) is 3. The van der Waals surface area contributed by atoms with Crippen molar-refractivity contribution in [1.82, 2.24) is 13.9 Å². The third-order valence-corrected chi connectivity index (χ3v) is 5.70. The average molecular weight is 329 g/mol. The zero-order chi connectivity index (χ0) is 15.8. The van der Waals surface area contributed by atoms with E-state index in [4.69, 9.17) is 17.3 Å². The first-order valence-corrected chi connectivity index (χ1v) is 8.07. The van der Waals surface area contributed by atoms with Gasteiger partial charge in [-0.2, -0.15) is 4.31 Å². The first kappa shape index (κ1) is 15.8. The van der Waals surface area contributed by atoms with E-state index in [0.29, 0.717) is 5.02 Å². The van der Waals surface area contributed by atoms with Crippen LogP contribution in [-0.4, -0.2) is 29.3 Å². The Bertz CT molecular complexity index is 738. The van der Waals surface area contributed by atoms with Gasteiger partial charge in [0.1, 0.15) is 0 Å². The Kier molecular flexibility index (Phi) is 4.27. The van der Waals surface area contributed by atoms with Gasteiger partial charge in [-0.15, -0.1) is 0 Å². The lowest BCUT2D eigenvalue weighted by Gasteiger charge is -2.25. The van der Waals surface area contributed by atoms with E-state index >= 15 is 0 Å². The molecule has 0 aliphatic rings. The van der Waals surface area contributed by atoms with E-state index in [9.17, 15) is 8.42 Å². The quantitative estimate of drug-likeness (QED) is 0.931. The Balaban J connectivity index is 2.41. The maximum Gasteiger partial charge on any atom is 0.262 e. The minimum atomic E-state index is -3.75. The van der Waals surface area contributed by atoms with Crippen LogP contribution in [0.5, 0.6) is 0 Å². The largest absolute Gasteiger partial charge is 0.381 e. The topological polar surface area (TPSA) is 81.2 Å².